The van der Waals surface area contributed by atoms with Gasteiger partial charge in [-0.15, -0.1) is 0 Å². The van der Waals surface area contributed by atoms with Crippen molar-refractivity contribution >= 4 is 9.90 Å². The van der Waals surface area contributed by atoms with E-state index in [4.69, 9.17) is 5.11 Å². The Balaban J connectivity index is -0.000000245. The summed E-state index contributed by atoms with van der Waals surface area (Å²) in [7, 11) is 0. The number of hydrogen-bond donors (Lipinski definition) is 2. The standard InChI is InChI=1S/C6H14NO.H3P.U/c1-6(2)5-7-3-4-8;;/h6-8H,1,3-5H2,2H3;1H3;/q-1;;. The van der Waals surface area contributed by atoms with Crippen LogP contribution in [0.15, 0.2) is 0 Å². The SMILES string of the molecule is P.[CH2-]C(C)CNCCO.[U]. The molecule has 10 heavy (non-hydrogen) atoms. The first-order valence-corrected chi connectivity index (χ1v) is 2.92. The summed E-state index contributed by atoms with van der Waals surface area (Å²) < 4.78 is 0. The summed E-state index contributed by atoms with van der Waals surface area (Å²) in [5, 5.41) is 11.3. The van der Waals surface area contributed by atoms with Gasteiger partial charge in [0.25, 0.3) is 0 Å². The summed E-state index contributed by atoms with van der Waals surface area (Å²) in [6.45, 7) is 7.58. The van der Waals surface area contributed by atoms with Crippen LogP contribution in [0.3, 0.4) is 0 Å². The molecule has 0 heterocycles. The van der Waals surface area contributed by atoms with Gasteiger partial charge in [0.1, 0.15) is 0 Å². The minimum Gasteiger partial charge on any atom is -0.395 e. The molecule has 2 nitrogen and oxygen atoms in total. The maximum atomic E-state index is 8.30. The van der Waals surface area contributed by atoms with Crippen LogP contribution in [0.1, 0.15) is 6.92 Å². The third-order valence-corrected chi connectivity index (χ3v) is 0.781. The van der Waals surface area contributed by atoms with Crippen molar-refractivity contribution in [1.29, 1.82) is 0 Å². The number of nitrogens with one attached hydrogen (secondary N) is 1. The first-order chi connectivity index (χ1) is 3.77. The molecular formula is C6H17NOPU-. The predicted octanol–water partition coefficient (Wildman–Crippen LogP) is 0.0966. The fraction of sp³-hybridized carbons (Fsp3) is 0.833. The average molecular weight is 388 g/mol. The van der Waals surface area contributed by atoms with Crippen LogP contribution >= 0.6 is 9.90 Å². The van der Waals surface area contributed by atoms with Crippen LogP contribution < -0.4 is 5.32 Å². The Morgan fingerprint density at radius 2 is 2.10 bits per heavy atom. The maximum absolute atomic E-state index is 8.30. The summed E-state index contributed by atoms with van der Waals surface area (Å²) in [6.07, 6.45) is 0. The van der Waals surface area contributed by atoms with Crippen LogP contribution in [0.2, 0.25) is 0 Å². The zero-order valence-corrected chi connectivity index (χ0v) is 12.1. The van der Waals surface area contributed by atoms with Crippen LogP contribution in [-0.4, -0.2) is 24.8 Å². The molecule has 0 saturated heterocycles. The fourth-order valence-corrected chi connectivity index (χ4v) is 0.428. The van der Waals surface area contributed by atoms with Gasteiger partial charge >= 0.3 is 0 Å². The Kier molecular flexibility index (Phi) is 22.8. The van der Waals surface area contributed by atoms with E-state index in [2.05, 4.69) is 12.2 Å². The Morgan fingerprint density at radius 3 is 2.40 bits per heavy atom. The molecule has 0 radical (unpaired) electrons. The number of rotatable bonds is 4. The fourth-order valence-electron chi connectivity index (χ4n) is 0.428. The summed E-state index contributed by atoms with van der Waals surface area (Å²) >= 11 is 0. The van der Waals surface area contributed by atoms with E-state index in [1.54, 1.807) is 0 Å². The molecule has 2 atom stereocenters. The molecule has 0 aromatic carbocycles. The van der Waals surface area contributed by atoms with Gasteiger partial charge in [0, 0.05) is 37.7 Å². The molecule has 0 amide bonds. The second kappa shape index (κ2) is 13.0. The van der Waals surface area contributed by atoms with Crippen molar-refractivity contribution in [3.8, 4) is 0 Å². The molecule has 0 spiro atoms. The predicted molar refractivity (Wildman–Crippen MR) is 45.6 cm³/mol. The topological polar surface area (TPSA) is 32.3 Å². The third kappa shape index (κ3) is 16.2. The first kappa shape index (κ1) is 17.5. The molecule has 0 aromatic rings. The number of hydrogen-bond acceptors (Lipinski definition) is 2. The molecule has 62 valence electrons. The van der Waals surface area contributed by atoms with Crippen molar-refractivity contribution in [2.45, 2.75) is 6.92 Å². The van der Waals surface area contributed by atoms with E-state index in [0.29, 0.717) is 12.5 Å². The largest absolute Gasteiger partial charge is 0.395 e. The van der Waals surface area contributed by atoms with Gasteiger partial charge in [-0.25, -0.2) is 0 Å². The Labute approximate surface area is 90.5 Å². The summed E-state index contributed by atoms with van der Waals surface area (Å²) in [5.41, 5.74) is 0. The van der Waals surface area contributed by atoms with Crippen molar-refractivity contribution in [3.05, 3.63) is 6.92 Å². The molecule has 2 unspecified atom stereocenters. The van der Waals surface area contributed by atoms with Gasteiger partial charge in [-0.05, 0) is 6.54 Å². The zero-order valence-electron chi connectivity index (χ0n) is 6.56. The van der Waals surface area contributed by atoms with E-state index >= 15 is 0 Å². The minimum absolute atomic E-state index is 0. The van der Waals surface area contributed by atoms with Crippen molar-refractivity contribution in [3.63, 3.8) is 0 Å². The van der Waals surface area contributed by atoms with Gasteiger partial charge in [0.05, 0.1) is 6.61 Å². The van der Waals surface area contributed by atoms with Gasteiger partial charge < -0.3 is 17.3 Å². The molecule has 2 N–H and O–H groups in total. The molecule has 0 aliphatic rings. The smallest absolute Gasteiger partial charge is 0.0555 e. The zero-order chi connectivity index (χ0) is 6.41. The molecule has 0 bridgehead atoms. The van der Waals surface area contributed by atoms with Gasteiger partial charge in [0.15, 0.2) is 0 Å². The van der Waals surface area contributed by atoms with E-state index in [0.717, 1.165) is 6.54 Å². The molecular weight excluding hydrogens is 371 g/mol. The second-order valence-electron chi connectivity index (χ2n) is 2.03. The van der Waals surface area contributed by atoms with E-state index in [9.17, 15) is 0 Å². The molecule has 0 fully saturated rings. The molecule has 0 aliphatic heterocycles. The van der Waals surface area contributed by atoms with E-state index < -0.39 is 0 Å². The Bertz CT molecular complexity index is 55.0. The van der Waals surface area contributed by atoms with Gasteiger partial charge in [-0.3, -0.25) is 0 Å². The second-order valence-corrected chi connectivity index (χ2v) is 2.03. The van der Waals surface area contributed by atoms with Crippen molar-refractivity contribution < 1.29 is 36.2 Å². The van der Waals surface area contributed by atoms with Crippen LogP contribution in [0.4, 0.5) is 0 Å². The normalized spacial score (nSPS) is 11.1. The molecule has 0 saturated carbocycles. The Morgan fingerprint density at radius 1 is 1.60 bits per heavy atom. The van der Waals surface area contributed by atoms with Crippen molar-refractivity contribution in [2.75, 3.05) is 19.7 Å². The molecule has 0 aromatic heterocycles. The number of aliphatic hydroxyl groups is 1. The van der Waals surface area contributed by atoms with Crippen LogP contribution in [-0.2, 0) is 0 Å². The summed E-state index contributed by atoms with van der Waals surface area (Å²) in [4.78, 5) is 0. The molecule has 0 rings (SSSR count). The average Bonchev–Trinajstić information content (AvgIpc) is 1.66. The third-order valence-electron chi connectivity index (χ3n) is 0.781. The van der Waals surface area contributed by atoms with Crippen LogP contribution in [0, 0.1) is 44.0 Å². The minimum atomic E-state index is 0. The van der Waals surface area contributed by atoms with E-state index in [-0.39, 0.29) is 47.6 Å². The van der Waals surface area contributed by atoms with Crippen LogP contribution in [0.5, 0.6) is 0 Å². The van der Waals surface area contributed by atoms with Crippen molar-refractivity contribution in [1.82, 2.24) is 5.32 Å². The van der Waals surface area contributed by atoms with Gasteiger partial charge in [0.2, 0.25) is 0 Å². The molecule has 4 heteroatoms. The quantitative estimate of drug-likeness (QED) is 0.407. The summed E-state index contributed by atoms with van der Waals surface area (Å²) in [5.74, 6) is 0.432. The van der Waals surface area contributed by atoms with E-state index in [1.165, 1.54) is 0 Å². The van der Waals surface area contributed by atoms with Crippen LogP contribution in [0.25, 0.3) is 0 Å². The number of aliphatic hydroxyl groups excluding tert-OH is 1. The van der Waals surface area contributed by atoms with Gasteiger partial charge in [-0.2, -0.15) is 15.8 Å². The van der Waals surface area contributed by atoms with E-state index in [1.807, 2.05) is 6.92 Å². The maximum Gasteiger partial charge on any atom is 0.0555 e. The molecule has 0 aliphatic carbocycles. The monoisotopic (exact) mass is 388 g/mol. The van der Waals surface area contributed by atoms with Gasteiger partial charge in [-0.1, -0.05) is 6.92 Å². The Hall–Kier alpha value is 1.40. The summed E-state index contributed by atoms with van der Waals surface area (Å²) in [6, 6.07) is 0. The first-order valence-electron chi connectivity index (χ1n) is 2.92. The van der Waals surface area contributed by atoms with Crippen molar-refractivity contribution in [2.24, 2.45) is 5.92 Å².